The lowest BCUT2D eigenvalue weighted by Crippen LogP contribution is -2.44. The van der Waals surface area contributed by atoms with Crippen LogP contribution in [0.15, 0.2) is 47.4 Å². The van der Waals surface area contributed by atoms with Crippen molar-refractivity contribution in [3.63, 3.8) is 0 Å². The van der Waals surface area contributed by atoms with Gasteiger partial charge in [0.1, 0.15) is 5.75 Å². The van der Waals surface area contributed by atoms with Crippen molar-refractivity contribution in [2.45, 2.75) is 50.1 Å². The molecule has 2 aromatic rings. The molecule has 1 heterocycles. The van der Waals surface area contributed by atoms with E-state index in [0.717, 1.165) is 42.7 Å². The predicted octanol–water partition coefficient (Wildman–Crippen LogP) is 3.36. The minimum absolute atomic E-state index is 0.0431. The van der Waals surface area contributed by atoms with Crippen molar-refractivity contribution in [2.75, 3.05) is 26.2 Å². The molecule has 1 aliphatic heterocycles. The van der Waals surface area contributed by atoms with Crippen LogP contribution >= 0.6 is 11.6 Å². The maximum Gasteiger partial charge on any atom is 0.241 e. The van der Waals surface area contributed by atoms with E-state index in [2.05, 4.69) is 16.0 Å². The van der Waals surface area contributed by atoms with E-state index in [-0.39, 0.29) is 23.4 Å². The maximum absolute atomic E-state index is 13.4. The van der Waals surface area contributed by atoms with E-state index in [1.165, 1.54) is 0 Å². The molecule has 2 N–H and O–H groups in total. The Morgan fingerprint density at radius 2 is 2.06 bits per heavy atom. The van der Waals surface area contributed by atoms with Gasteiger partial charge in [0.05, 0.1) is 24.1 Å². The van der Waals surface area contributed by atoms with Crippen molar-refractivity contribution in [2.24, 2.45) is 0 Å². The Morgan fingerprint density at radius 1 is 1.29 bits per heavy atom. The topological polar surface area (TPSA) is 87.7 Å². The summed E-state index contributed by atoms with van der Waals surface area (Å²) in [6, 6.07) is 11.9. The number of hydrogen-bond donors (Lipinski definition) is 2. The molecule has 0 spiro atoms. The highest BCUT2D eigenvalue weighted by atomic mass is 35.5. The van der Waals surface area contributed by atoms with E-state index in [4.69, 9.17) is 22.8 Å². The highest BCUT2D eigenvalue weighted by Crippen LogP contribution is 2.26. The predicted molar refractivity (Wildman–Crippen MR) is 138 cm³/mol. The zero-order chi connectivity index (χ0) is 25.3. The van der Waals surface area contributed by atoms with Crippen LogP contribution in [-0.2, 0) is 27.8 Å². The Bertz CT molecular complexity index is 1140. The van der Waals surface area contributed by atoms with Gasteiger partial charge in [-0.05, 0) is 68.1 Å². The van der Waals surface area contributed by atoms with Crippen molar-refractivity contribution in [3.8, 4) is 18.1 Å². The smallest absolute Gasteiger partial charge is 0.241 e. The monoisotopic (exact) mass is 517 g/mol. The number of benzene rings is 2. The highest BCUT2D eigenvalue weighted by molar-refractivity contribution is 7.89. The summed E-state index contributed by atoms with van der Waals surface area (Å²) in [6.45, 7) is 4.23. The van der Waals surface area contributed by atoms with Gasteiger partial charge in [0, 0.05) is 23.7 Å². The molecule has 3 rings (SSSR count). The molecule has 1 atom stereocenters. The molecule has 0 unspecified atom stereocenters. The zero-order valence-corrected chi connectivity index (χ0v) is 21.5. The van der Waals surface area contributed by atoms with Crippen LogP contribution in [0.4, 0.5) is 0 Å². The minimum Gasteiger partial charge on any atom is -0.493 e. The van der Waals surface area contributed by atoms with Crippen molar-refractivity contribution < 1.29 is 17.9 Å². The number of rotatable bonds is 12. The molecule has 0 bridgehead atoms. The van der Waals surface area contributed by atoms with E-state index in [0.29, 0.717) is 31.1 Å². The van der Waals surface area contributed by atoms with Crippen molar-refractivity contribution in [1.29, 1.82) is 0 Å². The molecule has 0 radical (unpaired) electrons. The molecular weight excluding hydrogens is 486 g/mol. The molecule has 188 valence electrons. The van der Waals surface area contributed by atoms with E-state index >= 15 is 0 Å². The lowest BCUT2D eigenvalue weighted by Gasteiger charge is -2.27. The molecular formula is C26H32ClN3O4S. The van der Waals surface area contributed by atoms with E-state index in [1.807, 2.05) is 24.0 Å². The quantitative estimate of drug-likeness (QED) is 0.421. The van der Waals surface area contributed by atoms with Gasteiger partial charge < -0.3 is 15.0 Å². The number of nitrogens with zero attached hydrogens (tertiary/aromatic N) is 1. The van der Waals surface area contributed by atoms with Crippen LogP contribution in [0.5, 0.6) is 5.75 Å². The Labute approximate surface area is 213 Å². The first-order chi connectivity index (χ1) is 16.8. The number of terminal acetylenes is 1. The summed E-state index contributed by atoms with van der Waals surface area (Å²) >= 11 is 6.26. The Kier molecular flexibility index (Phi) is 9.99. The highest BCUT2D eigenvalue weighted by Gasteiger charge is 2.27. The van der Waals surface area contributed by atoms with Gasteiger partial charge in [-0.1, -0.05) is 36.6 Å². The van der Waals surface area contributed by atoms with Crippen LogP contribution in [-0.4, -0.2) is 51.5 Å². The molecule has 1 saturated heterocycles. The Hall–Kier alpha value is -2.57. The van der Waals surface area contributed by atoms with Crippen molar-refractivity contribution in [3.05, 3.63) is 58.6 Å². The standard InChI is InChI=1S/C26H32ClN3O4S/c1-3-14-29-35(32,33)23-10-7-20(8-11-23)13-16-30(26(31)24-6-5-15-28-24)19-21-18-22(27)9-12-25(21)34-17-4-2/h1,7-12,18,24,28-29H,4-6,13-17,19H2,2H3/t24-/m1/s1. The van der Waals surface area contributed by atoms with Gasteiger partial charge in [-0.15, -0.1) is 6.42 Å². The summed E-state index contributed by atoms with van der Waals surface area (Å²) in [6.07, 6.45) is 8.37. The van der Waals surface area contributed by atoms with E-state index in [1.54, 1.807) is 30.3 Å². The molecule has 1 amide bonds. The number of hydrogen-bond acceptors (Lipinski definition) is 5. The number of halogens is 1. The largest absolute Gasteiger partial charge is 0.493 e. The first-order valence-corrected chi connectivity index (χ1v) is 13.7. The third kappa shape index (κ3) is 7.71. The average Bonchev–Trinajstić information content (AvgIpc) is 3.40. The van der Waals surface area contributed by atoms with Gasteiger partial charge in [0.2, 0.25) is 15.9 Å². The van der Waals surface area contributed by atoms with E-state index < -0.39 is 10.0 Å². The molecule has 1 aliphatic rings. The lowest BCUT2D eigenvalue weighted by atomic mass is 10.1. The molecule has 35 heavy (non-hydrogen) atoms. The maximum atomic E-state index is 13.4. The first kappa shape index (κ1) is 27.0. The van der Waals surface area contributed by atoms with Crippen LogP contribution in [0.25, 0.3) is 0 Å². The SMILES string of the molecule is C#CCNS(=O)(=O)c1ccc(CCN(Cc2cc(Cl)ccc2OCCC)C(=O)[C@H]2CCCN2)cc1. The molecule has 2 aromatic carbocycles. The van der Waals surface area contributed by atoms with Gasteiger partial charge in [0.15, 0.2) is 0 Å². The van der Waals surface area contributed by atoms with E-state index in [9.17, 15) is 13.2 Å². The van der Waals surface area contributed by atoms with Crippen LogP contribution in [0.3, 0.4) is 0 Å². The third-order valence-electron chi connectivity index (χ3n) is 5.78. The van der Waals surface area contributed by atoms with Crippen LogP contribution in [0, 0.1) is 12.3 Å². The second kappa shape index (κ2) is 12.9. The summed E-state index contributed by atoms with van der Waals surface area (Å²) in [5, 5.41) is 3.87. The molecule has 0 aromatic heterocycles. The Morgan fingerprint density at radius 3 is 2.71 bits per heavy atom. The molecule has 7 nitrogen and oxygen atoms in total. The summed E-state index contributed by atoms with van der Waals surface area (Å²) in [5.74, 6) is 3.03. The summed E-state index contributed by atoms with van der Waals surface area (Å²) in [7, 11) is -3.64. The van der Waals surface area contributed by atoms with Crippen LogP contribution in [0.2, 0.25) is 5.02 Å². The number of nitrogens with one attached hydrogen (secondary N) is 2. The normalized spacial score (nSPS) is 15.5. The zero-order valence-electron chi connectivity index (χ0n) is 19.9. The number of sulfonamides is 1. The number of amides is 1. The van der Waals surface area contributed by atoms with Crippen LogP contribution in [0.1, 0.15) is 37.3 Å². The fourth-order valence-electron chi connectivity index (χ4n) is 3.93. The first-order valence-electron chi connectivity index (χ1n) is 11.8. The molecule has 0 saturated carbocycles. The second-order valence-corrected chi connectivity index (χ2v) is 10.6. The third-order valence-corrected chi connectivity index (χ3v) is 7.44. The van der Waals surface area contributed by atoms with Crippen molar-refractivity contribution >= 4 is 27.5 Å². The van der Waals surface area contributed by atoms with Gasteiger partial charge in [-0.2, -0.15) is 4.72 Å². The summed E-state index contributed by atoms with van der Waals surface area (Å²) in [5.41, 5.74) is 1.78. The Balaban J connectivity index is 1.76. The van der Waals surface area contributed by atoms with Gasteiger partial charge in [-0.25, -0.2) is 8.42 Å². The minimum atomic E-state index is -3.64. The average molecular weight is 518 g/mol. The number of carbonyl (C=O) groups is 1. The molecule has 1 fully saturated rings. The van der Waals surface area contributed by atoms with Gasteiger partial charge in [-0.3, -0.25) is 4.79 Å². The second-order valence-electron chi connectivity index (χ2n) is 8.43. The van der Waals surface area contributed by atoms with Crippen LogP contribution < -0.4 is 14.8 Å². The summed E-state index contributed by atoms with van der Waals surface area (Å²) < 4.78 is 32.7. The van der Waals surface area contributed by atoms with Gasteiger partial charge in [0.25, 0.3) is 0 Å². The number of ether oxygens (including phenoxy) is 1. The van der Waals surface area contributed by atoms with Gasteiger partial charge >= 0.3 is 0 Å². The van der Waals surface area contributed by atoms with Crippen molar-refractivity contribution in [1.82, 2.24) is 14.9 Å². The fourth-order valence-corrected chi connectivity index (χ4v) is 5.06. The number of carbonyl (C=O) groups excluding carboxylic acids is 1. The summed E-state index contributed by atoms with van der Waals surface area (Å²) in [4.78, 5) is 15.3. The molecule has 0 aliphatic carbocycles. The lowest BCUT2D eigenvalue weighted by molar-refractivity contribution is -0.133. The fraction of sp³-hybridized carbons (Fsp3) is 0.423. The molecule has 9 heteroatoms.